The quantitative estimate of drug-likeness (QED) is 0.180. The molecule has 2 aliphatic carbocycles. The first-order chi connectivity index (χ1) is 25.2. The van der Waals surface area contributed by atoms with Crippen molar-refractivity contribution in [1.29, 1.82) is 0 Å². The third-order valence-electron chi connectivity index (χ3n) is 12.5. The summed E-state index contributed by atoms with van der Waals surface area (Å²) in [4.78, 5) is 28.9. The first-order valence-corrected chi connectivity index (χ1v) is 19.4. The summed E-state index contributed by atoms with van der Waals surface area (Å²) in [6.45, 7) is 9.98. The van der Waals surface area contributed by atoms with Gasteiger partial charge in [0.1, 0.15) is 0 Å². The number of ether oxygens (including phenoxy) is 2. The predicted molar refractivity (Wildman–Crippen MR) is 205 cm³/mol. The number of benzene rings is 2. The maximum absolute atomic E-state index is 11.8. The highest BCUT2D eigenvalue weighted by Crippen LogP contribution is 2.51. The Morgan fingerprint density at radius 1 is 0.769 bits per heavy atom. The molecular weight excluding hydrogens is 693 g/mol. The zero-order valence-electron chi connectivity index (χ0n) is 30.3. The van der Waals surface area contributed by atoms with Gasteiger partial charge in [-0.25, -0.2) is 9.97 Å². The number of halogens is 2. The molecule has 0 radical (unpaired) electrons. The highest BCUT2D eigenvalue weighted by atomic mass is 35.5. The van der Waals surface area contributed by atoms with E-state index in [1.54, 1.807) is 21.1 Å². The summed E-state index contributed by atoms with van der Waals surface area (Å²) in [6, 6.07) is 17.1. The number of pyridine rings is 2. The number of rotatable bonds is 8. The fraction of sp³-hybridized carbons (Fsp3) is 0.452. The second kappa shape index (κ2) is 13.0. The van der Waals surface area contributed by atoms with Crippen LogP contribution < -0.4 is 9.47 Å². The Bertz CT molecular complexity index is 2080. The van der Waals surface area contributed by atoms with Crippen LogP contribution in [0.3, 0.4) is 0 Å². The second-order valence-electron chi connectivity index (χ2n) is 15.6. The van der Waals surface area contributed by atoms with Crippen molar-refractivity contribution in [2.24, 2.45) is 11.3 Å². The van der Waals surface area contributed by atoms with Gasteiger partial charge in [-0.3, -0.25) is 14.6 Å². The number of fused-ring (bicyclic) bond motifs is 2. The zero-order valence-corrected chi connectivity index (χ0v) is 31.9. The molecule has 3 fully saturated rings. The largest absolute Gasteiger partial charge is 0.481 e. The minimum Gasteiger partial charge on any atom is -0.481 e. The normalized spacial score (nSPS) is 22.1. The molecule has 1 amide bonds. The van der Waals surface area contributed by atoms with Crippen LogP contribution in [0.1, 0.15) is 67.4 Å². The first-order valence-electron chi connectivity index (χ1n) is 18.7. The van der Waals surface area contributed by atoms with Gasteiger partial charge in [0, 0.05) is 97.1 Å². The zero-order chi connectivity index (χ0) is 35.9. The molecule has 3 aliphatic heterocycles. The van der Waals surface area contributed by atoms with Gasteiger partial charge < -0.3 is 14.4 Å². The van der Waals surface area contributed by atoms with Crippen LogP contribution in [-0.2, 0) is 17.6 Å². The van der Waals surface area contributed by atoms with Crippen molar-refractivity contribution >= 4 is 29.1 Å². The number of aromatic nitrogens is 2. The van der Waals surface area contributed by atoms with E-state index in [9.17, 15) is 4.79 Å². The molecule has 9 rings (SSSR count). The molecule has 2 aromatic heterocycles. The van der Waals surface area contributed by atoms with Crippen LogP contribution >= 0.6 is 23.2 Å². The van der Waals surface area contributed by atoms with Crippen molar-refractivity contribution in [2.75, 3.05) is 53.5 Å². The van der Waals surface area contributed by atoms with Crippen LogP contribution in [0, 0.1) is 11.3 Å². The van der Waals surface area contributed by atoms with Crippen molar-refractivity contribution in [2.45, 2.75) is 58.0 Å². The van der Waals surface area contributed by atoms with E-state index in [0.29, 0.717) is 27.8 Å². The molecule has 2 aromatic carbocycles. The predicted octanol–water partition coefficient (Wildman–Crippen LogP) is 8.28. The summed E-state index contributed by atoms with van der Waals surface area (Å²) in [5, 5.41) is 1.20. The lowest BCUT2D eigenvalue weighted by molar-refractivity contribution is -0.161. The number of aryl methyl sites for hydroxylation is 2. The number of likely N-dealkylation sites (tertiary alicyclic amines) is 3. The van der Waals surface area contributed by atoms with Crippen molar-refractivity contribution in [3.8, 4) is 45.4 Å². The summed E-state index contributed by atoms with van der Waals surface area (Å²) in [6.07, 6.45) is 5.30. The van der Waals surface area contributed by atoms with Crippen LogP contribution in [0.5, 0.6) is 11.8 Å². The maximum atomic E-state index is 11.8. The Hall–Kier alpha value is -3.69. The Labute approximate surface area is 316 Å². The minimum absolute atomic E-state index is 0.170. The van der Waals surface area contributed by atoms with E-state index in [0.717, 1.165) is 105 Å². The lowest BCUT2D eigenvalue weighted by Gasteiger charge is -2.61. The fourth-order valence-electron chi connectivity index (χ4n) is 9.70. The van der Waals surface area contributed by atoms with Crippen LogP contribution in [0.15, 0.2) is 48.5 Å². The third-order valence-corrected chi connectivity index (χ3v) is 13.3. The van der Waals surface area contributed by atoms with E-state index >= 15 is 0 Å². The summed E-state index contributed by atoms with van der Waals surface area (Å²) in [7, 11) is 3.42. The average molecular weight is 739 g/mol. The molecule has 5 aliphatic rings. The van der Waals surface area contributed by atoms with Crippen LogP contribution in [0.4, 0.5) is 0 Å². The van der Waals surface area contributed by atoms with Crippen LogP contribution in [0.2, 0.25) is 10.0 Å². The summed E-state index contributed by atoms with van der Waals surface area (Å²) < 4.78 is 11.9. The Morgan fingerprint density at radius 2 is 1.25 bits per heavy atom. The molecular formula is C42H45Cl2N5O3. The molecule has 0 bridgehead atoms. The highest BCUT2D eigenvalue weighted by Gasteiger charge is 2.55. The molecule has 4 aromatic rings. The molecule has 3 saturated heterocycles. The second-order valence-corrected chi connectivity index (χ2v) is 16.4. The van der Waals surface area contributed by atoms with Crippen molar-refractivity contribution in [1.82, 2.24) is 24.7 Å². The summed E-state index contributed by atoms with van der Waals surface area (Å²) in [5.74, 6) is 2.32. The number of carbonyl (C=O) groups excluding carboxylic acids is 1. The molecule has 270 valence electrons. The number of hydrogen-bond donors (Lipinski definition) is 0. The van der Waals surface area contributed by atoms with E-state index in [2.05, 4.69) is 28.9 Å². The van der Waals surface area contributed by atoms with Gasteiger partial charge >= 0.3 is 0 Å². The van der Waals surface area contributed by atoms with Gasteiger partial charge in [-0.05, 0) is 54.9 Å². The molecule has 10 heteroatoms. The number of carbonyl (C=O) groups is 1. The van der Waals surface area contributed by atoms with E-state index in [-0.39, 0.29) is 17.4 Å². The summed E-state index contributed by atoms with van der Waals surface area (Å²) >= 11 is 14.6. The Balaban J connectivity index is 1.00. The lowest BCUT2D eigenvalue weighted by atomic mass is 9.72. The van der Waals surface area contributed by atoms with Gasteiger partial charge in [-0.2, -0.15) is 0 Å². The molecule has 2 atom stereocenters. The molecule has 0 N–H and O–H groups in total. The minimum atomic E-state index is 0.170. The molecule has 1 spiro atoms. The molecule has 0 saturated carbocycles. The molecule has 5 heterocycles. The Kier molecular flexibility index (Phi) is 8.53. The first kappa shape index (κ1) is 34.1. The number of hydrogen-bond acceptors (Lipinski definition) is 7. The SMILES string of the molecule is CCC1CN([C@H]2CCc3cc(-c4cccc(-c5cccc(-c6cc7c(c(OC)n6)[C@H](N6CC8(CN(C(C)=O)C8)C6)CC7)c5Cl)c4Cl)nc(OC)c32)C1. The number of nitrogens with zero attached hydrogens (tertiary/aromatic N) is 5. The van der Waals surface area contributed by atoms with Crippen molar-refractivity contribution < 1.29 is 14.3 Å². The van der Waals surface area contributed by atoms with Gasteiger partial charge in [-0.15, -0.1) is 0 Å². The van der Waals surface area contributed by atoms with Crippen LogP contribution in [0.25, 0.3) is 33.6 Å². The maximum Gasteiger partial charge on any atom is 0.219 e. The van der Waals surface area contributed by atoms with Crippen molar-refractivity contribution in [3.63, 3.8) is 0 Å². The molecule has 8 nitrogen and oxygen atoms in total. The van der Waals surface area contributed by atoms with E-state index < -0.39 is 0 Å². The highest BCUT2D eigenvalue weighted by molar-refractivity contribution is 6.39. The third kappa shape index (κ3) is 5.43. The fourth-order valence-corrected chi connectivity index (χ4v) is 10.4. The average Bonchev–Trinajstić information content (AvgIpc) is 3.71. The van der Waals surface area contributed by atoms with E-state index in [1.807, 2.05) is 41.3 Å². The molecule has 52 heavy (non-hydrogen) atoms. The van der Waals surface area contributed by atoms with E-state index in [4.69, 9.17) is 42.6 Å². The van der Waals surface area contributed by atoms with Gasteiger partial charge in [0.15, 0.2) is 0 Å². The van der Waals surface area contributed by atoms with Gasteiger partial charge in [-0.1, -0.05) is 72.9 Å². The van der Waals surface area contributed by atoms with Gasteiger partial charge in [0.25, 0.3) is 0 Å². The number of amides is 1. The molecule has 0 unspecified atom stereocenters. The number of methoxy groups -OCH3 is 2. The van der Waals surface area contributed by atoms with E-state index in [1.165, 1.54) is 28.7 Å². The van der Waals surface area contributed by atoms with Gasteiger partial charge in [0.05, 0.1) is 35.7 Å². The lowest BCUT2D eigenvalue weighted by Crippen LogP contribution is -2.72. The van der Waals surface area contributed by atoms with Crippen molar-refractivity contribution in [3.05, 3.63) is 80.8 Å². The summed E-state index contributed by atoms with van der Waals surface area (Å²) in [5.41, 5.74) is 10.2. The van der Waals surface area contributed by atoms with Crippen LogP contribution in [-0.4, -0.2) is 84.1 Å². The standard InChI is InChI=1S/C42H45Cl2N5O3/c1-5-25-18-47(19-25)34-14-12-26-16-32(45-40(51-3)36(26)34)30-10-6-8-28(38(30)43)29-9-7-11-31(39(29)44)33-17-27-13-15-35(37(27)41(46-33)52-4)49-22-42(23-49)20-48(21-42)24(2)50/h6-11,16-17,25,34-35H,5,12-15,18-23H2,1-4H3/t34-,35+/m0/s1. The Morgan fingerprint density at radius 3 is 1.71 bits per heavy atom. The smallest absolute Gasteiger partial charge is 0.219 e. The topological polar surface area (TPSA) is 71.0 Å². The monoisotopic (exact) mass is 737 g/mol. The van der Waals surface area contributed by atoms with Gasteiger partial charge in [0.2, 0.25) is 17.7 Å².